The van der Waals surface area contributed by atoms with Gasteiger partial charge in [-0.1, -0.05) is 6.07 Å². The van der Waals surface area contributed by atoms with Crippen molar-refractivity contribution in [2.45, 2.75) is 25.8 Å². The molecule has 0 aliphatic heterocycles. The third-order valence-corrected chi connectivity index (χ3v) is 4.04. The highest BCUT2D eigenvalue weighted by molar-refractivity contribution is 5.96. The van der Waals surface area contributed by atoms with Crippen molar-refractivity contribution in [1.82, 2.24) is 14.8 Å². The Morgan fingerprint density at radius 1 is 1.20 bits per heavy atom. The van der Waals surface area contributed by atoms with Crippen LogP contribution < -0.4 is 10.6 Å². The number of aromatic nitrogens is 1. The van der Waals surface area contributed by atoms with Gasteiger partial charge in [-0.3, -0.25) is 4.79 Å². The number of urea groups is 1. The number of nitrogens with zero attached hydrogens (tertiary/aromatic N) is 2. The lowest BCUT2D eigenvalue weighted by Gasteiger charge is -2.16. The first kappa shape index (κ1) is 18.6. The molecule has 0 saturated heterocycles. The number of aryl methyl sites for hydroxylation is 2. The van der Waals surface area contributed by atoms with Gasteiger partial charge in [0.25, 0.3) is 5.91 Å². The first-order valence-electron chi connectivity index (χ1n) is 8.36. The Kier molecular flexibility index (Phi) is 6.22. The summed E-state index contributed by atoms with van der Waals surface area (Å²) in [5.74, 6) is -0.0972. The Labute approximate surface area is 148 Å². The van der Waals surface area contributed by atoms with Crippen LogP contribution in [0.25, 0.3) is 0 Å². The second-order valence-corrected chi connectivity index (χ2v) is 6.43. The van der Waals surface area contributed by atoms with E-state index in [0.717, 1.165) is 12.8 Å². The van der Waals surface area contributed by atoms with Gasteiger partial charge in [0.2, 0.25) is 0 Å². The zero-order valence-electron chi connectivity index (χ0n) is 15.2. The van der Waals surface area contributed by atoms with E-state index in [1.165, 1.54) is 10.6 Å². The Hall–Kier alpha value is -2.76. The van der Waals surface area contributed by atoms with Crippen molar-refractivity contribution in [2.75, 3.05) is 19.4 Å². The van der Waals surface area contributed by atoms with Crippen molar-refractivity contribution in [3.63, 3.8) is 0 Å². The highest BCUT2D eigenvalue weighted by Gasteiger charge is 2.11. The van der Waals surface area contributed by atoms with Crippen LogP contribution in [-0.2, 0) is 13.5 Å². The molecule has 1 aromatic carbocycles. The Morgan fingerprint density at radius 3 is 2.60 bits per heavy atom. The largest absolute Gasteiger partial charge is 0.354 e. The minimum atomic E-state index is -0.270. The molecule has 3 amide bonds. The van der Waals surface area contributed by atoms with Crippen LogP contribution >= 0.6 is 0 Å². The molecule has 0 aliphatic carbocycles. The summed E-state index contributed by atoms with van der Waals surface area (Å²) in [7, 11) is 5.41. The van der Waals surface area contributed by atoms with Gasteiger partial charge in [-0.15, -0.1) is 0 Å². The van der Waals surface area contributed by atoms with Gasteiger partial charge in [0, 0.05) is 50.3 Å². The van der Waals surface area contributed by atoms with E-state index in [-0.39, 0.29) is 18.0 Å². The molecule has 2 rings (SSSR count). The van der Waals surface area contributed by atoms with Crippen LogP contribution in [0.5, 0.6) is 0 Å². The molecule has 0 aliphatic rings. The van der Waals surface area contributed by atoms with Crippen LogP contribution in [0.4, 0.5) is 10.5 Å². The lowest BCUT2D eigenvalue weighted by Crippen LogP contribution is -2.36. The molecule has 6 nitrogen and oxygen atoms in total. The molecule has 2 aromatic rings. The van der Waals surface area contributed by atoms with Gasteiger partial charge in [-0.05, 0) is 50.1 Å². The molecule has 6 heteroatoms. The van der Waals surface area contributed by atoms with E-state index in [1.807, 2.05) is 26.2 Å². The predicted octanol–water partition coefficient (Wildman–Crippen LogP) is 2.87. The van der Waals surface area contributed by atoms with Crippen molar-refractivity contribution >= 4 is 17.6 Å². The summed E-state index contributed by atoms with van der Waals surface area (Å²) >= 11 is 0. The van der Waals surface area contributed by atoms with Crippen LogP contribution in [0.1, 0.15) is 29.4 Å². The number of benzene rings is 1. The highest BCUT2D eigenvalue weighted by atomic mass is 16.2. The zero-order valence-corrected chi connectivity index (χ0v) is 15.2. The van der Waals surface area contributed by atoms with Crippen LogP contribution in [-0.4, -0.2) is 41.5 Å². The second-order valence-electron chi connectivity index (χ2n) is 6.43. The summed E-state index contributed by atoms with van der Waals surface area (Å²) in [5, 5.41) is 5.71. The lowest BCUT2D eigenvalue weighted by molar-refractivity contribution is 0.0827. The van der Waals surface area contributed by atoms with E-state index in [9.17, 15) is 9.59 Å². The number of anilines is 1. The molecule has 1 aromatic heterocycles. The summed E-state index contributed by atoms with van der Waals surface area (Å²) in [6, 6.07) is 10.8. The number of amides is 3. The second kappa shape index (κ2) is 8.37. The fourth-order valence-corrected chi connectivity index (χ4v) is 2.57. The molecular weight excluding hydrogens is 316 g/mol. The van der Waals surface area contributed by atoms with Crippen molar-refractivity contribution in [1.29, 1.82) is 0 Å². The molecule has 0 spiro atoms. The molecular formula is C19H26N4O2. The molecule has 0 radical (unpaired) electrons. The highest BCUT2D eigenvalue weighted by Crippen LogP contribution is 2.12. The average Bonchev–Trinajstić information content (AvgIpc) is 2.97. The molecule has 2 N–H and O–H groups in total. The van der Waals surface area contributed by atoms with E-state index in [2.05, 4.69) is 21.3 Å². The van der Waals surface area contributed by atoms with Crippen molar-refractivity contribution < 1.29 is 9.59 Å². The molecule has 1 heterocycles. The number of hydrogen-bond acceptors (Lipinski definition) is 2. The van der Waals surface area contributed by atoms with E-state index in [4.69, 9.17) is 0 Å². The van der Waals surface area contributed by atoms with Crippen molar-refractivity contribution in [3.8, 4) is 0 Å². The molecule has 25 heavy (non-hydrogen) atoms. The summed E-state index contributed by atoms with van der Waals surface area (Å²) < 4.78 is 2.08. The normalized spacial score (nSPS) is 11.7. The van der Waals surface area contributed by atoms with Crippen LogP contribution in [0, 0.1) is 0 Å². The summed E-state index contributed by atoms with van der Waals surface area (Å²) in [5.41, 5.74) is 2.38. The van der Waals surface area contributed by atoms with Crippen LogP contribution in [0.2, 0.25) is 0 Å². The van der Waals surface area contributed by atoms with Crippen molar-refractivity contribution in [2.24, 2.45) is 7.05 Å². The molecule has 0 unspecified atom stereocenters. The minimum Gasteiger partial charge on any atom is -0.354 e. The maximum atomic E-state index is 12.1. The van der Waals surface area contributed by atoms with E-state index >= 15 is 0 Å². The van der Waals surface area contributed by atoms with Crippen LogP contribution in [0.3, 0.4) is 0 Å². The smallest absolute Gasteiger partial charge is 0.319 e. The number of hydrogen-bond donors (Lipinski definition) is 2. The summed E-state index contributed by atoms with van der Waals surface area (Å²) in [4.78, 5) is 25.6. The standard InChI is InChI=1S/C19H26N4O2/c1-14(10-11-17-9-6-12-23(17)4)20-19(25)21-16-8-5-7-15(13-16)18(24)22(2)3/h5-9,12-14H,10-11H2,1-4H3,(H2,20,21,25)/t14-/m0/s1. The monoisotopic (exact) mass is 342 g/mol. The lowest BCUT2D eigenvalue weighted by atomic mass is 10.1. The fourth-order valence-electron chi connectivity index (χ4n) is 2.57. The van der Waals surface area contributed by atoms with Gasteiger partial charge in [0.15, 0.2) is 0 Å². The number of carbonyl (C=O) groups excluding carboxylic acids is 2. The SMILES string of the molecule is C[C@@H](CCc1cccn1C)NC(=O)Nc1cccc(C(=O)N(C)C)c1. The van der Waals surface area contributed by atoms with Crippen LogP contribution in [0.15, 0.2) is 42.6 Å². The number of rotatable bonds is 6. The third-order valence-electron chi connectivity index (χ3n) is 4.04. The number of nitrogens with one attached hydrogen (secondary N) is 2. The van der Waals surface area contributed by atoms with Crippen molar-refractivity contribution in [3.05, 3.63) is 53.9 Å². The average molecular weight is 342 g/mol. The van der Waals surface area contributed by atoms with E-state index in [0.29, 0.717) is 11.3 Å². The first-order valence-corrected chi connectivity index (χ1v) is 8.36. The quantitative estimate of drug-likeness (QED) is 0.848. The molecule has 134 valence electrons. The van der Waals surface area contributed by atoms with Gasteiger partial charge in [0.1, 0.15) is 0 Å². The molecule has 0 saturated carbocycles. The Balaban J connectivity index is 1.86. The molecule has 0 bridgehead atoms. The maximum Gasteiger partial charge on any atom is 0.319 e. The summed E-state index contributed by atoms with van der Waals surface area (Å²) in [6.45, 7) is 1.98. The molecule has 1 atom stereocenters. The maximum absolute atomic E-state index is 12.1. The van der Waals surface area contributed by atoms with E-state index in [1.54, 1.807) is 38.4 Å². The van der Waals surface area contributed by atoms with E-state index < -0.39 is 0 Å². The minimum absolute atomic E-state index is 0.0430. The fraction of sp³-hybridized carbons (Fsp3) is 0.368. The van der Waals surface area contributed by atoms with Gasteiger partial charge in [-0.25, -0.2) is 4.79 Å². The number of carbonyl (C=O) groups is 2. The Morgan fingerprint density at radius 2 is 1.96 bits per heavy atom. The van der Waals surface area contributed by atoms with Gasteiger partial charge in [0.05, 0.1) is 0 Å². The Bertz CT molecular complexity index is 737. The first-order chi connectivity index (χ1) is 11.9. The van der Waals surface area contributed by atoms with Gasteiger partial charge in [-0.2, -0.15) is 0 Å². The molecule has 0 fully saturated rings. The topological polar surface area (TPSA) is 66.4 Å². The zero-order chi connectivity index (χ0) is 18.4. The van der Waals surface area contributed by atoms with Gasteiger partial charge < -0.3 is 20.1 Å². The summed E-state index contributed by atoms with van der Waals surface area (Å²) in [6.07, 6.45) is 3.77. The predicted molar refractivity (Wildman–Crippen MR) is 99.8 cm³/mol. The van der Waals surface area contributed by atoms with Gasteiger partial charge >= 0.3 is 6.03 Å². The third kappa shape index (κ3) is 5.38.